The fraction of sp³-hybridized carbons (Fsp3) is 0.300. The van der Waals surface area contributed by atoms with Gasteiger partial charge in [0.15, 0.2) is 0 Å². The summed E-state index contributed by atoms with van der Waals surface area (Å²) in [5.74, 6) is 0.739. The molecular weight excluding hydrogens is 332 g/mol. The number of nitrogens with zero attached hydrogens (tertiary/aromatic N) is 1. The minimum Gasteiger partial charge on any atom is -0.496 e. The number of aryl methyl sites for hydroxylation is 1. The second kappa shape index (κ2) is 8.50. The van der Waals surface area contributed by atoms with Crippen LogP contribution in [0.2, 0.25) is 0 Å². The Bertz CT molecular complexity index is 815. The van der Waals surface area contributed by atoms with Gasteiger partial charge >= 0.3 is 0 Å². The van der Waals surface area contributed by atoms with Crippen molar-refractivity contribution in [3.63, 3.8) is 0 Å². The summed E-state index contributed by atoms with van der Waals surface area (Å²) in [6.07, 6.45) is 1.64. The molecule has 0 aliphatic rings. The third-order valence-corrected chi connectivity index (χ3v) is 4.78. The lowest BCUT2D eigenvalue weighted by Crippen LogP contribution is -2.23. The van der Waals surface area contributed by atoms with Crippen molar-refractivity contribution < 1.29 is 9.53 Å². The zero-order valence-corrected chi connectivity index (χ0v) is 15.7. The number of carbonyl (C=O) groups excluding carboxylic acids is 1. The summed E-state index contributed by atoms with van der Waals surface area (Å²) in [7, 11) is 1.65. The Kier molecular flexibility index (Phi) is 6.37. The lowest BCUT2D eigenvalue weighted by atomic mass is 9.95. The van der Waals surface area contributed by atoms with Crippen LogP contribution in [-0.2, 0) is 11.3 Å². The molecule has 1 amide bonds. The smallest absolute Gasteiger partial charge is 0.262 e. The largest absolute Gasteiger partial charge is 0.496 e. The van der Waals surface area contributed by atoms with Crippen LogP contribution in [0.4, 0.5) is 0 Å². The quantitative estimate of drug-likeness (QED) is 0.617. The van der Waals surface area contributed by atoms with Gasteiger partial charge in [-0.15, -0.1) is 11.3 Å². The van der Waals surface area contributed by atoms with Gasteiger partial charge in [0.1, 0.15) is 17.4 Å². The van der Waals surface area contributed by atoms with Gasteiger partial charge in [0.2, 0.25) is 0 Å². The van der Waals surface area contributed by atoms with Crippen molar-refractivity contribution in [2.24, 2.45) is 0 Å². The topological polar surface area (TPSA) is 62.1 Å². The minimum absolute atomic E-state index is 0.0968. The number of nitriles is 1. The summed E-state index contributed by atoms with van der Waals surface area (Å²) in [4.78, 5) is 13.4. The van der Waals surface area contributed by atoms with E-state index >= 15 is 0 Å². The summed E-state index contributed by atoms with van der Waals surface area (Å²) in [6, 6.07) is 9.82. The van der Waals surface area contributed by atoms with Crippen molar-refractivity contribution in [1.29, 1.82) is 5.26 Å². The summed E-state index contributed by atoms with van der Waals surface area (Å²) in [6.45, 7) is 6.53. The van der Waals surface area contributed by atoms with Crippen LogP contribution in [-0.4, -0.2) is 13.0 Å². The molecule has 0 aliphatic heterocycles. The highest BCUT2D eigenvalue weighted by molar-refractivity contribution is 7.09. The van der Waals surface area contributed by atoms with Crippen molar-refractivity contribution >= 4 is 23.3 Å². The standard InChI is InChI=1S/C20H22N2O2S/c1-13(2)18-10-15(14(3)8-19(18)24-4)9-16(11-21)20(23)22-12-17-6-5-7-25-17/h5-10,13H,12H2,1-4H3,(H,22,23)/b16-9-. The molecule has 1 aromatic carbocycles. The summed E-state index contributed by atoms with van der Waals surface area (Å²) < 4.78 is 5.44. The lowest BCUT2D eigenvalue weighted by Gasteiger charge is -2.15. The van der Waals surface area contributed by atoms with Gasteiger partial charge in [-0.3, -0.25) is 4.79 Å². The fourth-order valence-corrected chi connectivity index (χ4v) is 3.12. The van der Waals surface area contributed by atoms with Gasteiger partial charge in [-0.05, 0) is 59.2 Å². The van der Waals surface area contributed by atoms with Crippen molar-refractivity contribution in [2.45, 2.75) is 33.2 Å². The van der Waals surface area contributed by atoms with Gasteiger partial charge in [0.05, 0.1) is 13.7 Å². The molecule has 0 aliphatic carbocycles. The third-order valence-electron chi connectivity index (χ3n) is 3.91. The molecule has 0 radical (unpaired) electrons. The predicted molar refractivity (Wildman–Crippen MR) is 102 cm³/mol. The minimum atomic E-state index is -0.364. The highest BCUT2D eigenvalue weighted by Gasteiger charge is 2.13. The number of methoxy groups -OCH3 is 1. The van der Waals surface area contributed by atoms with E-state index < -0.39 is 0 Å². The van der Waals surface area contributed by atoms with E-state index in [2.05, 4.69) is 19.2 Å². The first-order chi connectivity index (χ1) is 12.0. The van der Waals surface area contributed by atoms with Crippen LogP contribution in [0.15, 0.2) is 35.2 Å². The van der Waals surface area contributed by atoms with Gasteiger partial charge in [-0.1, -0.05) is 19.9 Å². The number of nitrogens with one attached hydrogen (secondary N) is 1. The third kappa shape index (κ3) is 4.71. The van der Waals surface area contributed by atoms with Crippen LogP contribution in [0.3, 0.4) is 0 Å². The van der Waals surface area contributed by atoms with Crippen LogP contribution >= 0.6 is 11.3 Å². The zero-order chi connectivity index (χ0) is 18.4. The number of amides is 1. The van der Waals surface area contributed by atoms with E-state index in [0.29, 0.717) is 6.54 Å². The molecule has 0 saturated carbocycles. The van der Waals surface area contributed by atoms with Crippen LogP contribution in [0, 0.1) is 18.3 Å². The maximum absolute atomic E-state index is 12.3. The molecule has 0 spiro atoms. The maximum Gasteiger partial charge on any atom is 0.262 e. The molecule has 1 heterocycles. The first-order valence-electron chi connectivity index (χ1n) is 8.07. The molecule has 5 heteroatoms. The average Bonchev–Trinajstić information content (AvgIpc) is 3.11. The molecule has 2 rings (SSSR count). The summed E-state index contributed by atoms with van der Waals surface area (Å²) in [5, 5.41) is 14.1. The molecule has 0 fully saturated rings. The zero-order valence-electron chi connectivity index (χ0n) is 14.9. The molecule has 0 atom stereocenters. The molecule has 0 unspecified atom stereocenters. The second-order valence-corrected chi connectivity index (χ2v) is 7.07. The average molecular weight is 354 g/mol. The highest BCUT2D eigenvalue weighted by Crippen LogP contribution is 2.30. The second-order valence-electron chi connectivity index (χ2n) is 6.04. The Hall–Kier alpha value is -2.58. The van der Waals surface area contributed by atoms with E-state index in [-0.39, 0.29) is 17.4 Å². The van der Waals surface area contributed by atoms with Gasteiger partial charge in [0, 0.05) is 4.88 Å². The molecule has 1 aromatic heterocycles. The summed E-state index contributed by atoms with van der Waals surface area (Å²) in [5.41, 5.74) is 2.96. The molecule has 1 N–H and O–H groups in total. The van der Waals surface area contributed by atoms with Crippen molar-refractivity contribution in [2.75, 3.05) is 7.11 Å². The molecule has 0 saturated heterocycles. The van der Waals surface area contributed by atoms with Gasteiger partial charge in [-0.2, -0.15) is 5.26 Å². The van der Waals surface area contributed by atoms with Gasteiger partial charge in [0.25, 0.3) is 5.91 Å². The van der Waals surface area contributed by atoms with Gasteiger partial charge in [-0.25, -0.2) is 0 Å². The van der Waals surface area contributed by atoms with E-state index in [1.165, 1.54) is 0 Å². The highest BCUT2D eigenvalue weighted by atomic mass is 32.1. The number of hydrogen-bond acceptors (Lipinski definition) is 4. The fourth-order valence-electron chi connectivity index (χ4n) is 2.48. The molecule has 0 bridgehead atoms. The van der Waals surface area contributed by atoms with E-state index in [1.807, 2.05) is 42.6 Å². The molecule has 25 heavy (non-hydrogen) atoms. The van der Waals surface area contributed by atoms with Gasteiger partial charge < -0.3 is 10.1 Å². The number of benzene rings is 1. The Morgan fingerprint density at radius 2 is 2.20 bits per heavy atom. The van der Waals surface area contributed by atoms with Crippen LogP contribution < -0.4 is 10.1 Å². The predicted octanol–water partition coefficient (Wildman–Crippen LogP) is 4.41. The molecular formula is C20H22N2O2S. The first kappa shape index (κ1) is 18.8. The monoisotopic (exact) mass is 354 g/mol. The number of thiophene rings is 1. The van der Waals surface area contributed by atoms with Crippen LogP contribution in [0.25, 0.3) is 6.08 Å². The van der Waals surface area contributed by atoms with E-state index in [0.717, 1.165) is 27.3 Å². The Morgan fingerprint density at radius 1 is 1.44 bits per heavy atom. The maximum atomic E-state index is 12.3. The van der Waals surface area contributed by atoms with Crippen LogP contribution in [0.1, 0.15) is 41.3 Å². The summed E-state index contributed by atoms with van der Waals surface area (Å²) >= 11 is 1.57. The Labute approximate surface area is 152 Å². The number of hydrogen-bond donors (Lipinski definition) is 1. The Morgan fingerprint density at radius 3 is 2.76 bits per heavy atom. The number of ether oxygens (including phenoxy) is 1. The van der Waals surface area contributed by atoms with Crippen molar-refractivity contribution in [3.05, 3.63) is 56.8 Å². The molecule has 2 aromatic rings. The first-order valence-corrected chi connectivity index (χ1v) is 8.95. The van der Waals surface area contributed by atoms with Crippen molar-refractivity contribution in [3.8, 4) is 11.8 Å². The van der Waals surface area contributed by atoms with E-state index in [1.54, 1.807) is 24.5 Å². The van der Waals surface area contributed by atoms with Crippen molar-refractivity contribution in [1.82, 2.24) is 5.32 Å². The SMILES string of the molecule is COc1cc(C)c(/C=C(/C#N)C(=O)NCc2cccs2)cc1C(C)C. The molecule has 4 nitrogen and oxygen atoms in total. The van der Waals surface area contributed by atoms with Crippen LogP contribution in [0.5, 0.6) is 5.75 Å². The molecule has 130 valence electrons. The number of carbonyl (C=O) groups is 1. The lowest BCUT2D eigenvalue weighted by molar-refractivity contribution is -0.117. The van der Waals surface area contributed by atoms with E-state index in [4.69, 9.17) is 4.74 Å². The Balaban J connectivity index is 2.27. The number of rotatable bonds is 6. The normalized spacial score (nSPS) is 11.3. The van der Waals surface area contributed by atoms with E-state index in [9.17, 15) is 10.1 Å².